The number of nitrogens with zero attached hydrogens (tertiary/aromatic N) is 1. The van der Waals surface area contributed by atoms with E-state index in [0.717, 1.165) is 42.6 Å². The molecule has 2 unspecified atom stereocenters. The van der Waals surface area contributed by atoms with Crippen molar-refractivity contribution >= 4 is 6.03 Å². The maximum Gasteiger partial charge on any atom is 0.317 e. The third-order valence-corrected chi connectivity index (χ3v) is 4.60. The van der Waals surface area contributed by atoms with Gasteiger partial charge in [-0.2, -0.15) is 0 Å². The van der Waals surface area contributed by atoms with Crippen LogP contribution in [0, 0.1) is 12.8 Å². The van der Waals surface area contributed by atoms with Gasteiger partial charge in [-0.15, -0.1) is 0 Å². The largest absolute Gasteiger partial charge is 0.496 e. The normalized spacial score (nSPS) is 20.9. The van der Waals surface area contributed by atoms with Gasteiger partial charge in [-0.3, -0.25) is 0 Å². The Morgan fingerprint density at radius 3 is 2.83 bits per heavy atom. The number of aryl methyl sites for hydroxylation is 1. The molecular formula is C18H28N2O3. The molecule has 2 rings (SSSR count). The maximum atomic E-state index is 12.3. The average Bonchev–Trinajstić information content (AvgIpc) is 2.55. The quantitative estimate of drug-likeness (QED) is 0.877. The second-order valence-electron chi connectivity index (χ2n) is 6.47. The fourth-order valence-corrected chi connectivity index (χ4v) is 3.14. The van der Waals surface area contributed by atoms with Crippen molar-refractivity contribution in [3.63, 3.8) is 0 Å². The fraction of sp³-hybridized carbons (Fsp3) is 0.611. The minimum atomic E-state index is -0.281. The third kappa shape index (κ3) is 4.86. The Labute approximate surface area is 138 Å². The lowest BCUT2D eigenvalue weighted by Gasteiger charge is -2.31. The van der Waals surface area contributed by atoms with E-state index in [2.05, 4.69) is 5.32 Å². The van der Waals surface area contributed by atoms with Crippen LogP contribution in [0.3, 0.4) is 0 Å². The second-order valence-corrected chi connectivity index (χ2v) is 6.47. The number of benzene rings is 1. The smallest absolute Gasteiger partial charge is 0.317 e. The van der Waals surface area contributed by atoms with Crippen LogP contribution >= 0.6 is 0 Å². The highest BCUT2D eigenvalue weighted by atomic mass is 16.5. The number of hydrogen-bond acceptors (Lipinski definition) is 3. The average molecular weight is 320 g/mol. The summed E-state index contributed by atoms with van der Waals surface area (Å²) in [6.07, 6.45) is 3.78. The number of rotatable bonds is 5. The summed E-state index contributed by atoms with van der Waals surface area (Å²) in [4.78, 5) is 13.9. The Morgan fingerprint density at radius 1 is 1.39 bits per heavy atom. The monoisotopic (exact) mass is 320 g/mol. The van der Waals surface area contributed by atoms with Crippen LogP contribution in [0.25, 0.3) is 0 Å². The molecule has 5 nitrogen and oxygen atoms in total. The minimum Gasteiger partial charge on any atom is -0.496 e. The first-order valence-corrected chi connectivity index (χ1v) is 8.31. The van der Waals surface area contributed by atoms with E-state index in [9.17, 15) is 9.90 Å². The maximum absolute atomic E-state index is 12.3. The summed E-state index contributed by atoms with van der Waals surface area (Å²) < 4.78 is 5.36. The Bertz CT molecular complexity index is 533. The van der Waals surface area contributed by atoms with Crippen LogP contribution < -0.4 is 10.1 Å². The van der Waals surface area contributed by atoms with Crippen LogP contribution in [-0.2, 0) is 6.54 Å². The molecule has 2 N–H and O–H groups in total. The summed E-state index contributed by atoms with van der Waals surface area (Å²) in [6.45, 7) is 3.03. The number of amides is 2. The number of methoxy groups -OCH3 is 1. The van der Waals surface area contributed by atoms with Crippen molar-refractivity contribution < 1.29 is 14.6 Å². The summed E-state index contributed by atoms with van der Waals surface area (Å²) in [5.74, 6) is 0.976. The van der Waals surface area contributed by atoms with Crippen LogP contribution in [0.2, 0.25) is 0 Å². The molecule has 0 aliphatic heterocycles. The van der Waals surface area contributed by atoms with E-state index in [-0.39, 0.29) is 18.1 Å². The van der Waals surface area contributed by atoms with Crippen molar-refractivity contribution in [3.8, 4) is 5.75 Å². The van der Waals surface area contributed by atoms with Crippen molar-refractivity contribution in [1.82, 2.24) is 10.2 Å². The Hall–Kier alpha value is -1.75. The van der Waals surface area contributed by atoms with Gasteiger partial charge in [0, 0.05) is 31.6 Å². The van der Waals surface area contributed by atoms with Gasteiger partial charge in [0.15, 0.2) is 0 Å². The van der Waals surface area contributed by atoms with Crippen LogP contribution in [0.5, 0.6) is 5.75 Å². The molecule has 0 saturated heterocycles. The summed E-state index contributed by atoms with van der Waals surface area (Å²) in [5, 5.41) is 12.9. The number of nitrogens with one attached hydrogen (secondary N) is 1. The molecule has 0 bridgehead atoms. The van der Waals surface area contributed by atoms with Crippen molar-refractivity contribution in [2.24, 2.45) is 5.92 Å². The van der Waals surface area contributed by atoms with Crippen LogP contribution in [0.15, 0.2) is 18.2 Å². The number of hydrogen-bond donors (Lipinski definition) is 2. The summed E-state index contributed by atoms with van der Waals surface area (Å²) in [6, 6.07) is 5.82. The first-order valence-electron chi connectivity index (χ1n) is 8.31. The zero-order chi connectivity index (χ0) is 16.8. The topological polar surface area (TPSA) is 61.8 Å². The predicted octanol–water partition coefficient (Wildman–Crippen LogP) is 2.70. The summed E-state index contributed by atoms with van der Waals surface area (Å²) in [7, 11) is 3.42. The van der Waals surface area contributed by atoms with Gasteiger partial charge in [0.25, 0.3) is 0 Å². The van der Waals surface area contributed by atoms with Gasteiger partial charge in [0.1, 0.15) is 5.75 Å². The molecule has 2 amide bonds. The third-order valence-electron chi connectivity index (χ3n) is 4.60. The molecule has 2 atom stereocenters. The lowest BCUT2D eigenvalue weighted by molar-refractivity contribution is 0.0565. The van der Waals surface area contributed by atoms with Gasteiger partial charge in [0.05, 0.1) is 13.2 Å². The number of ether oxygens (including phenoxy) is 1. The van der Waals surface area contributed by atoms with Gasteiger partial charge >= 0.3 is 6.03 Å². The molecule has 1 aliphatic rings. The molecule has 1 aromatic carbocycles. The van der Waals surface area contributed by atoms with Gasteiger partial charge in [-0.25, -0.2) is 4.79 Å². The van der Waals surface area contributed by atoms with Crippen LogP contribution in [-0.4, -0.2) is 42.8 Å². The molecule has 23 heavy (non-hydrogen) atoms. The van der Waals surface area contributed by atoms with Gasteiger partial charge in [0.2, 0.25) is 0 Å². The van der Waals surface area contributed by atoms with Crippen molar-refractivity contribution in [2.45, 2.75) is 45.3 Å². The molecule has 1 fully saturated rings. The zero-order valence-corrected chi connectivity index (χ0v) is 14.3. The Balaban J connectivity index is 1.86. The second kappa shape index (κ2) is 8.20. The molecule has 1 aliphatic carbocycles. The molecule has 1 aromatic rings. The number of carbonyl (C=O) groups is 1. The Morgan fingerprint density at radius 2 is 2.13 bits per heavy atom. The zero-order valence-electron chi connectivity index (χ0n) is 14.3. The first-order chi connectivity index (χ1) is 11.0. The van der Waals surface area contributed by atoms with E-state index >= 15 is 0 Å². The molecular weight excluding hydrogens is 292 g/mol. The van der Waals surface area contributed by atoms with E-state index in [4.69, 9.17) is 4.74 Å². The van der Waals surface area contributed by atoms with Gasteiger partial charge in [-0.05, 0) is 31.4 Å². The molecule has 1 saturated carbocycles. The lowest BCUT2D eigenvalue weighted by atomic mass is 9.86. The van der Waals surface area contributed by atoms with Crippen molar-refractivity contribution in [2.75, 3.05) is 20.7 Å². The van der Waals surface area contributed by atoms with E-state index in [1.165, 1.54) is 0 Å². The van der Waals surface area contributed by atoms with Crippen molar-refractivity contribution in [3.05, 3.63) is 29.3 Å². The fourth-order valence-electron chi connectivity index (χ4n) is 3.14. The van der Waals surface area contributed by atoms with E-state index < -0.39 is 0 Å². The summed E-state index contributed by atoms with van der Waals surface area (Å²) >= 11 is 0. The molecule has 0 aromatic heterocycles. The standard InChI is InChI=1S/C18H28N2O3/c1-13-8-9-14(17(10-13)23-3)11-19-18(22)20(2)12-15-6-4-5-7-16(15)21/h8-10,15-16,21H,4-7,11-12H2,1-3H3,(H,19,22). The van der Waals surface area contributed by atoms with E-state index in [0.29, 0.717) is 13.1 Å². The van der Waals surface area contributed by atoms with Crippen molar-refractivity contribution in [1.29, 1.82) is 0 Å². The molecule has 0 radical (unpaired) electrons. The lowest BCUT2D eigenvalue weighted by Crippen LogP contribution is -2.42. The highest BCUT2D eigenvalue weighted by Crippen LogP contribution is 2.25. The van der Waals surface area contributed by atoms with E-state index in [1.54, 1.807) is 19.1 Å². The number of carbonyl (C=O) groups excluding carboxylic acids is 1. The summed E-state index contributed by atoms with van der Waals surface area (Å²) in [5.41, 5.74) is 2.08. The highest BCUT2D eigenvalue weighted by molar-refractivity contribution is 5.73. The Kier molecular flexibility index (Phi) is 6.28. The number of urea groups is 1. The molecule has 0 spiro atoms. The predicted molar refractivity (Wildman–Crippen MR) is 90.6 cm³/mol. The van der Waals surface area contributed by atoms with Gasteiger partial charge < -0.3 is 20.1 Å². The number of aliphatic hydroxyl groups is 1. The van der Waals surface area contributed by atoms with Crippen LogP contribution in [0.1, 0.15) is 36.8 Å². The van der Waals surface area contributed by atoms with E-state index in [1.807, 2.05) is 25.1 Å². The molecule has 5 heteroatoms. The molecule has 0 heterocycles. The van der Waals surface area contributed by atoms with Crippen LogP contribution in [0.4, 0.5) is 4.79 Å². The number of aliphatic hydroxyl groups excluding tert-OH is 1. The minimum absolute atomic E-state index is 0.120. The SMILES string of the molecule is COc1cc(C)ccc1CNC(=O)N(C)CC1CCCCC1O. The van der Waals surface area contributed by atoms with Gasteiger partial charge in [-0.1, -0.05) is 25.0 Å². The molecule has 128 valence electrons. The highest BCUT2D eigenvalue weighted by Gasteiger charge is 2.25. The first kappa shape index (κ1) is 17.6.